The fraction of sp³-hybridized carbons (Fsp3) is 0.500. The molecular weight excluding hydrogens is 469 g/mol. The Kier molecular flexibility index (Phi) is 8.63. The van der Waals surface area contributed by atoms with Crippen molar-refractivity contribution in [2.75, 3.05) is 14.2 Å². The number of methoxy groups -OCH3 is 2. The van der Waals surface area contributed by atoms with Crippen LogP contribution >= 0.6 is 25.4 Å². The first-order valence-electron chi connectivity index (χ1n) is 9.53. The molecule has 0 heterocycles. The maximum atomic E-state index is 13.0. The van der Waals surface area contributed by atoms with E-state index in [9.17, 15) is 27.6 Å². The molecule has 0 bridgehead atoms. The molecule has 0 N–H and O–H groups in total. The van der Waals surface area contributed by atoms with E-state index in [2.05, 4.69) is 35.2 Å². The van der Waals surface area contributed by atoms with Gasteiger partial charge in [0.05, 0.1) is 14.2 Å². The number of carbonyl (C=O) groups excluding carboxylic acids is 3. The van der Waals surface area contributed by atoms with Crippen molar-refractivity contribution in [3.63, 3.8) is 0 Å². The topological polar surface area (TPSA) is 85.3 Å². The number of nitrogens with zero attached hydrogens (tertiary/aromatic N) is 2. The van der Waals surface area contributed by atoms with E-state index in [4.69, 9.17) is 4.74 Å². The molecule has 7 nitrogen and oxygen atoms in total. The minimum atomic E-state index is -5.28. The maximum Gasteiger partial charge on any atom is 0.472 e. The average Bonchev–Trinajstić information content (AvgIpc) is 3.18. The standard InChI is InChI=1S/C20H23F3N2O5S2/c1-29-16(26)13(25(32)17(27)20(21,22)23)11-19(18(28)30-2)10-6-9-14(19)24-15(31)12-7-4-3-5-8-12/h3-5,7-8,13,15,31-32H,6,9-11H2,1-2H3/t13-,15?,19-/m0/s1. The summed E-state index contributed by atoms with van der Waals surface area (Å²) < 4.78 is 48.4. The molecule has 0 spiro atoms. The van der Waals surface area contributed by atoms with Crippen molar-refractivity contribution in [3.05, 3.63) is 35.9 Å². The van der Waals surface area contributed by atoms with E-state index < -0.39 is 47.3 Å². The van der Waals surface area contributed by atoms with Crippen molar-refractivity contribution in [3.8, 4) is 0 Å². The molecule has 1 aromatic rings. The molecule has 0 radical (unpaired) electrons. The molecule has 176 valence electrons. The van der Waals surface area contributed by atoms with Gasteiger partial charge in [0.2, 0.25) is 0 Å². The van der Waals surface area contributed by atoms with E-state index in [1.54, 1.807) is 24.3 Å². The molecule has 12 heteroatoms. The Morgan fingerprint density at radius 1 is 1.19 bits per heavy atom. The molecule has 1 aliphatic rings. The zero-order chi connectivity index (χ0) is 24.1. The number of alkyl halides is 3. The molecule has 1 amide bonds. The Labute approximate surface area is 194 Å². The predicted molar refractivity (Wildman–Crippen MR) is 116 cm³/mol. The van der Waals surface area contributed by atoms with Crippen LogP contribution < -0.4 is 0 Å². The van der Waals surface area contributed by atoms with Crippen LogP contribution in [0.3, 0.4) is 0 Å². The summed E-state index contributed by atoms with van der Waals surface area (Å²) in [5, 5.41) is -0.659. The first-order valence-corrected chi connectivity index (χ1v) is 10.4. The largest absolute Gasteiger partial charge is 0.472 e. The van der Waals surface area contributed by atoms with E-state index in [1.807, 2.05) is 6.07 Å². The molecule has 0 aromatic heterocycles. The Bertz CT molecular complexity index is 882. The Morgan fingerprint density at radius 2 is 1.81 bits per heavy atom. The van der Waals surface area contributed by atoms with Gasteiger partial charge in [-0.1, -0.05) is 43.1 Å². The summed E-state index contributed by atoms with van der Waals surface area (Å²) >= 11 is 8.10. The van der Waals surface area contributed by atoms with Crippen molar-refractivity contribution in [1.29, 1.82) is 0 Å². The Morgan fingerprint density at radius 3 is 2.34 bits per heavy atom. The number of aliphatic imine (C=N–C) groups is 1. The monoisotopic (exact) mass is 492 g/mol. The van der Waals surface area contributed by atoms with Crippen molar-refractivity contribution in [2.45, 2.75) is 43.3 Å². The molecular formula is C20H23F3N2O5S2. The van der Waals surface area contributed by atoms with Crippen LogP contribution in [0.5, 0.6) is 0 Å². The number of rotatable bonds is 7. The van der Waals surface area contributed by atoms with E-state index in [-0.39, 0.29) is 10.7 Å². The highest BCUT2D eigenvalue weighted by Gasteiger charge is 2.54. The van der Waals surface area contributed by atoms with Crippen LogP contribution in [0.4, 0.5) is 13.2 Å². The number of amides is 1. The lowest BCUT2D eigenvalue weighted by Gasteiger charge is -2.34. The molecule has 3 atom stereocenters. The second-order valence-electron chi connectivity index (χ2n) is 7.18. The molecule has 1 aromatic carbocycles. The van der Waals surface area contributed by atoms with Gasteiger partial charge in [-0.05, 0) is 24.8 Å². The Hall–Kier alpha value is -2.21. The van der Waals surface area contributed by atoms with Gasteiger partial charge >= 0.3 is 24.0 Å². The van der Waals surface area contributed by atoms with Crippen molar-refractivity contribution in [2.24, 2.45) is 10.4 Å². The molecule has 1 unspecified atom stereocenters. The highest BCUT2D eigenvalue weighted by Crippen LogP contribution is 2.44. The van der Waals surface area contributed by atoms with Crippen LogP contribution in [0.25, 0.3) is 0 Å². The first-order chi connectivity index (χ1) is 15.0. The fourth-order valence-corrected chi connectivity index (χ4v) is 4.30. The third-order valence-corrected chi connectivity index (χ3v) is 6.16. The van der Waals surface area contributed by atoms with Gasteiger partial charge in [0.25, 0.3) is 0 Å². The SMILES string of the molecule is COC(=O)[C@H](C[C@@]1(C(=O)OC)CCCC1=NC(S)c1ccccc1)N(S)C(=O)C(F)(F)F. The third-order valence-electron chi connectivity index (χ3n) is 5.28. The summed E-state index contributed by atoms with van der Waals surface area (Å²) in [6.45, 7) is 0. The number of benzene rings is 1. The van der Waals surface area contributed by atoms with Crippen LogP contribution in [-0.4, -0.2) is 54.3 Å². The lowest BCUT2D eigenvalue weighted by atomic mass is 9.78. The van der Waals surface area contributed by atoms with Gasteiger partial charge in [0, 0.05) is 12.1 Å². The fourth-order valence-electron chi connectivity index (χ4n) is 3.70. The Balaban J connectivity index is 2.49. The van der Waals surface area contributed by atoms with Gasteiger partial charge < -0.3 is 9.47 Å². The highest BCUT2D eigenvalue weighted by atomic mass is 32.1. The molecule has 32 heavy (non-hydrogen) atoms. The zero-order valence-corrected chi connectivity index (χ0v) is 19.1. The van der Waals surface area contributed by atoms with Gasteiger partial charge in [0.1, 0.15) is 16.8 Å². The van der Waals surface area contributed by atoms with Crippen LogP contribution in [-0.2, 0) is 23.9 Å². The molecule has 1 saturated carbocycles. The molecule has 1 aliphatic carbocycles. The van der Waals surface area contributed by atoms with Crippen molar-refractivity contribution in [1.82, 2.24) is 4.31 Å². The van der Waals surface area contributed by atoms with Crippen LogP contribution in [0.2, 0.25) is 0 Å². The van der Waals surface area contributed by atoms with Crippen LogP contribution in [0.15, 0.2) is 35.3 Å². The predicted octanol–water partition coefficient (Wildman–Crippen LogP) is 3.57. The summed E-state index contributed by atoms with van der Waals surface area (Å²) in [7, 11) is 2.09. The average molecular weight is 493 g/mol. The minimum absolute atomic E-state index is 0.0537. The number of carbonyl (C=O) groups is 3. The number of thiol groups is 2. The normalized spacial score (nSPS) is 21.7. The second kappa shape index (κ2) is 10.6. The number of hydrogen-bond donors (Lipinski definition) is 2. The lowest BCUT2D eigenvalue weighted by Crippen LogP contribution is -2.50. The molecule has 1 fully saturated rings. The number of halogens is 3. The van der Waals surface area contributed by atoms with Gasteiger partial charge in [-0.2, -0.15) is 13.2 Å². The number of ether oxygens (including phenoxy) is 2. The van der Waals surface area contributed by atoms with Crippen LogP contribution in [0.1, 0.15) is 36.6 Å². The zero-order valence-electron chi connectivity index (χ0n) is 17.3. The van der Waals surface area contributed by atoms with Gasteiger partial charge in [-0.15, -0.1) is 12.6 Å². The van der Waals surface area contributed by atoms with Crippen LogP contribution in [0, 0.1) is 5.41 Å². The summed E-state index contributed by atoms with van der Waals surface area (Å²) in [5.74, 6) is -4.29. The van der Waals surface area contributed by atoms with Gasteiger partial charge in [-0.3, -0.25) is 18.9 Å². The van der Waals surface area contributed by atoms with Crippen molar-refractivity contribution >= 4 is 49.0 Å². The van der Waals surface area contributed by atoms with E-state index in [0.29, 0.717) is 18.6 Å². The van der Waals surface area contributed by atoms with Gasteiger partial charge in [0.15, 0.2) is 0 Å². The van der Waals surface area contributed by atoms with Gasteiger partial charge in [-0.25, -0.2) is 4.79 Å². The third kappa shape index (κ3) is 5.58. The molecule has 0 aliphatic heterocycles. The summed E-state index contributed by atoms with van der Waals surface area (Å²) in [6.07, 6.45) is -4.85. The van der Waals surface area contributed by atoms with Crippen molar-refractivity contribution < 1.29 is 37.0 Å². The van der Waals surface area contributed by atoms with E-state index in [1.165, 1.54) is 0 Å². The molecule has 2 rings (SSSR count). The van der Waals surface area contributed by atoms with E-state index >= 15 is 0 Å². The molecule has 0 saturated heterocycles. The first kappa shape index (κ1) is 26.0. The highest BCUT2D eigenvalue weighted by molar-refractivity contribution is 7.80. The summed E-state index contributed by atoms with van der Waals surface area (Å²) in [4.78, 5) is 41.5. The smallest absolute Gasteiger partial charge is 0.468 e. The maximum absolute atomic E-state index is 13.0. The number of esters is 2. The number of hydrogen-bond acceptors (Lipinski definition) is 8. The van der Waals surface area contributed by atoms with E-state index in [0.717, 1.165) is 19.8 Å². The minimum Gasteiger partial charge on any atom is -0.468 e. The summed E-state index contributed by atoms with van der Waals surface area (Å²) in [6, 6.07) is 7.14. The second-order valence-corrected chi connectivity index (χ2v) is 8.10. The quantitative estimate of drug-likeness (QED) is 0.449. The summed E-state index contributed by atoms with van der Waals surface area (Å²) in [5.41, 5.74) is -0.485. The lowest BCUT2D eigenvalue weighted by molar-refractivity contribution is -0.183.